The van der Waals surface area contributed by atoms with E-state index < -0.39 is 0 Å². The molecule has 6 rings (SSSR count). The molecule has 0 saturated carbocycles. The van der Waals surface area contributed by atoms with E-state index in [0.717, 1.165) is 44.6 Å². The minimum Gasteiger partial charge on any atom is -0.278 e. The van der Waals surface area contributed by atoms with Gasteiger partial charge in [0.2, 0.25) is 0 Å². The van der Waals surface area contributed by atoms with Crippen LogP contribution in [0.2, 0.25) is 5.02 Å². The Bertz CT molecular complexity index is 1580. The van der Waals surface area contributed by atoms with Crippen molar-refractivity contribution < 1.29 is 0 Å². The van der Waals surface area contributed by atoms with E-state index in [1.54, 1.807) is 17.1 Å². The number of benzene rings is 2. The van der Waals surface area contributed by atoms with E-state index >= 15 is 0 Å². The number of pyridine rings is 1. The third-order valence-corrected chi connectivity index (χ3v) is 5.76. The van der Waals surface area contributed by atoms with E-state index in [9.17, 15) is 0 Å². The van der Waals surface area contributed by atoms with Gasteiger partial charge in [-0.2, -0.15) is 10.2 Å². The topological polar surface area (TPSA) is 90.1 Å². The van der Waals surface area contributed by atoms with Gasteiger partial charge >= 0.3 is 0 Å². The molecule has 0 unspecified atom stereocenters. The molecule has 9 heteroatoms. The summed E-state index contributed by atoms with van der Waals surface area (Å²) in [7, 11) is 0. The van der Waals surface area contributed by atoms with Crippen LogP contribution in [-0.2, 0) is 6.54 Å². The summed E-state index contributed by atoms with van der Waals surface area (Å²) in [4.78, 5) is 4.50. The number of aryl methyl sites for hydroxylation is 1. The monoisotopic (exact) mass is 440 g/mol. The van der Waals surface area contributed by atoms with Crippen LogP contribution in [0.5, 0.6) is 0 Å². The molecule has 0 saturated heterocycles. The van der Waals surface area contributed by atoms with Crippen molar-refractivity contribution in [2.45, 2.75) is 13.5 Å². The SMILES string of the molecule is Cc1ccc(Cn2nccc2-c2cc(Cl)c3nnn(-c4ccc5cn[nH]c5c4)c3c2)nc1. The molecule has 0 atom stereocenters. The standard InChI is InChI=1S/C23H17ClN8/c1-14-2-4-17(25-11-14)13-31-21(6-7-27-31)16-8-19(24)23-22(9-16)32(30-29-23)18-5-3-15-12-26-28-20(15)10-18/h2-12H,13H2,1H3,(H,26,28). The number of aromatic nitrogens is 8. The lowest BCUT2D eigenvalue weighted by Crippen LogP contribution is -2.05. The smallest absolute Gasteiger partial charge is 0.132 e. The maximum Gasteiger partial charge on any atom is 0.132 e. The molecule has 8 nitrogen and oxygen atoms in total. The highest BCUT2D eigenvalue weighted by atomic mass is 35.5. The minimum atomic E-state index is 0.535. The van der Waals surface area contributed by atoms with Crippen LogP contribution in [0.25, 0.3) is 38.9 Å². The molecule has 0 aliphatic rings. The molecule has 2 aromatic carbocycles. The fourth-order valence-electron chi connectivity index (χ4n) is 3.83. The van der Waals surface area contributed by atoms with E-state index in [1.807, 2.05) is 60.3 Å². The summed E-state index contributed by atoms with van der Waals surface area (Å²) in [5, 5.41) is 21.8. The number of H-pyrrole nitrogens is 1. The van der Waals surface area contributed by atoms with Crippen molar-refractivity contribution >= 4 is 33.5 Å². The number of nitrogens with zero attached hydrogens (tertiary/aromatic N) is 7. The van der Waals surface area contributed by atoms with Crippen molar-refractivity contribution in [2.24, 2.45) is 0 Å². The molecule has 4 aromatic heterocycles. The Hall–Kier alpha value is -4.04. The molecule has 0 amide bonds. The molecule has 0 radical (unpaired) electrons. The number of halogens is 1. The third-order valence-electron chi connectivity index (χ3n) is 5.47. The molecular weight excluding hydrogens is 424 g/mol. The Morgan fingerprint density at radius 2 is 1.97 bits per heavy atom. The highest BCUT2D eigenvalue weighted by Gasteiger charge is 2.15. The summed E-state index contributed by atoms with van der Waals surface area (Å²) in [6.45, 7) is 2.58. The van der Waals surface area contributed by atoms with Crippen LogP contribution >= 0.6 is 11.6 Å². The van der Waals surface area contributed by atoms with Crippen LogP contribution in [0.15, 0.2) is 67.1 Å². The van der Waals surface area contributed by atoms with Gasteiger partial charge < -0.3 is 0 Å². The highest BCUT2D eigenvalue weighted by molar-refractivity contribution is 6.35. The first-order chi connectivity index (χ1) is 15.7. The largest absolute Gasteiger partial charge is 0.278 e. The average molecular weight is 441 g/mol. The van der Waals surface area contributed by atoms with Crippen LogP contribution in [0.3, 0.4) is 0 Å². The second-order valence-corrected chi connectivity index (χ2v) is 8.08. The van der Waals surface area contributed by atoms with Crippen molar-refractivity contribution in [3.63, 3.8) is 0 Å². The lowest BCUT2D eigenvalue weighted by molar-refractivity contribution is 0.679. The van der Waals surface area contributed by atoms with E-state index in [1.165, 1.54) is 0 Å². The molecule has 4 heterocycles. The molecule has 0 bridgehead atoms. The molecule has 6 aromatic rings. The van der Waals surface area contributed by atoms with E-state index in [2.05, 4.69) is 36.7 Å². The Kier molecular flexibility index (Phi) is 4.26. The lowest BCUT2D eigenvalue weighted by atomic mass is 10.1. The van der Waals surface area contributed by atoms with Crippen LogP contribution < -0.4 is 0 Å². The summed E-state index contributed by atoms with van der Waals surface area (Å²) >= 11 is 6.61. The number of rotatable bonds is 4. The Morgan fingerprint density at radius 3 is 2.84 bits per heavy atom. The van der Waals surface area contributed by atoms with Gasteiger partial charge in [0.1, 0.15) is 5.52 Å². The summed E-state index contributed by atoms with van der Waals surface area (Å²) in [6.07, 6.45) is 5.43. The predicted octanol–water partition coefficient (Wildman–Crippen LogP) is 4.57. The minimum absolute atomic E-state index is 0.535. The second kappa shape index (κ2) is 7.28. The van der Waals surface area contributed by atoms with E-state index in [0.29, 0.717) is 17.1 Å². The van der Waals surface area contributed by atoms with Crippen LogP contribution in [-0.4, -0.2) is 40.0 Å². The third kappa shape index (κ3) is 3.12. The second-order valence-electron chi connectivity index (χ2n) is 7.67. The van der Waals surface area contributed by atoms with Gasteiger partial charge in [-0.05, 0) is 55.0 Å². The molecule has 156 valence electrons. The number of hydrogen-bond acceptors (Lipinski definition) is 5. The van der Waals surface area contributed by atoms with Gasteiger partial charge in [0.15, 0.2) is 0 Å². The van der Waals surface area contributed by atoms with Crippen LogP contribution in [0.1, 0.15) is 11.3 Å². The summed E-state index contributed by atoms with van der Waals surface area (Å²) in [5.74, 6) is 0. The van der Waals surface area contributed by atoms with Gasteiger partial charge in [-0.1, -0.05) is 22.9 Å². The maximum atomic E-state index is 6.61. The van der Waals surface area contributed by atoms with Gasteiger partial charge in [-0.3, -0.25) is 14.8 Å². The molecule has 0 aliphatic carbocycles. The summed E-state index contributed by atoms with van der Waals surface area (Å²) in [6, 6.07) is 15.9. The fraction of sp³-hybridized carbons (Fsp3) is 0.0870. The van der Waals surface area contributed by atoms with Crippen molar-refractivity contribution in [3.8, 4) is 16.9 Å². The summed E-state index contributed by atoms with van der Waals surface area (Å²) < 4.78 is 3.70. The number of aromatic amines is 1. The zero-order valence-corrected chi connectivity index (χ0v) is 17.8. The van der Waals surface area contributed by atoms with Crippen molar-refractivity contribution in [1.29, 1.82) is 0 Å². The first kappa shape index (κ1) is 18.7. The number of nitrogens with one attached hydrogen (secondary N) is 1. The molecule has 0 aliphatic heterocycles. The van der Waals surface area contributed by atoms with Crippen LogP contribution in [0.4, 0.5) is 0 Å². The molecule has 1 N–H and O–H groups in total. The van der Waals surface area contributed by atoms with Gasteiger partial charge in [0.05, 0.1) is 45.9 Å². The van der Waals surface area contributed by atoms with Crippen LogP contribution in [0, 0.1) is 6.92 Å². The Morgan fingerprint density at radius 1 is 1.03 bits per heavy atom. The predicted molar refractivity (Wildman–Crippen MR) is 123 cm³/mol. The number of hydrogen-bond donors (Lipinski definition) is 1. The fourth-order valence-corrected chi connectivity index (χ4v) is 4.08. The van der Waals surface area contributed by atoms with Crippen molar-refractivity contribution in [1.82, 2.24) is 40.0 Å². The van der Waals surface area contributed by atoms with E-state index in [4.69, 9.17) is 11.6 Å². The lowest BCUT2D eigenvalue weighted by Gasteiger charge is -2.09. The maximum absolute atomic E-state index is 6.61. The van der Waals surface area contributed by atoms with Gasteiger partial charge in [-0.15, -0.1) is 5.10 Å². The van der Waals surface area contributed by atoms with Gasteiger partial charge in [0, 0.05) is 23.3 Å². The molecule has 32 heavy (non-hydrogen) atoms. The van der Waals surface area contributed by atoms with Gasteiger partial charge in [0.25, 0.3) is 0 Å². The molecule has 0 spiro atoms. The number of fused-ring (bicyclic) bond motifs is 2. The molecule has 0 fully saturated rings. The zero-order chi connectivity index (χ0) is 21.7. The summed E-state index contributed by atoms with van der Waals surface area (Å²) in [5.41, 5.74) is 7.19. The van der Waals surface area contributed by atoms with Gasteiger partial charge in [-0.25, -0.2) is 4.68 Å². The van der Waals surface area contributed by atoms with E-state index in [-0.39, 0.29) is 0 Å². The van der Waals surface area contributed by atoms with Crippen molar-refractivity contribution in [3.05, 3.63) is 83.4 Å². The first-order valence-corrected chi connectivity index (χ1v) is 10.5. The Balaban J connectivity index is 1.45. The first-order valence-electron chi connectivity index (χ1n) is 10.1. The van der Waals surface area contributed by atoms with Crippen molar-refractivity contribution in [2.75, 3.05) is 0 Å². The highest BCUT2D eigenvalue weighted by Crippen LogP contribution is 2.31. The average Bonchev–Trinajstić information content (AvgIpc) is 3.54. The molecular formula is C23H17ClN8. The Labute approximate surface area is 187 Å². The quantitative estimate of drug-likeness (QED) is 0.433. The normalized spacial score (nSPS) is 11.6. The zero-order valence-electron chi connectivity index (χ0n) is 17.1.